The molecule has 4 amide bonds. The van der Waals surface area contributed by atoms with Crippen LogP contribution in [-0.2, 0) is 19.2 Å². The molecule has 0 bridgehead atoms. The number of nitrogens with zero attached hydrogens (tertiary/aromatic N) is 3. The Morgan fingerprint density at radius 1 is 1.25 bits per heavy atom. The topological polar surface area (TPSA) is 112 Å². The predicted octanol–water partition coefficient (Wildman–Crippen LogP) is 1.81. The van der Waals surface area contributed by atoms with E-state index in [9.17, 15) is 24.3 Å². The van der Waals surface area contributed by atoms with E-state index < -0.39 is 49.2 Å². The summed E-state index contributed by atoms with van der Waals surface area (Å²) in [6.07, 6.45) is 4.35. The summed E-state index contributed by atoms with van der Waals surface area (Å²) in [6.45, 7) is 0.996. The minimum atomic E-state index is -4.06. The third kappa shape index (κ3) is 4.34. The largest absolute Gasteiger partial charge is 0.737 e. The number of fused-ring (bicyclic) bond motifs is 2. The van der Waals surface area contributed by atoms with Gasteiger partial charge in [0.05, 0.1) is 6.42 Å². The molecule has 1 saturated heterocycles. The number of hydrogen-bond donors (Lipinski definition) is 2. The summed E-state index contributed by atoms with van der Waals surface area (Å²) in [5.41, 5.74) is 2.65. The van der Waals surface area contributed by atoms with Crippen molar-refractivity contribution in [2.24, 2.45) is 0 Å². The molecular weight excluding hydrogens is 473 g/mol. The Balaban J connectivity index is 1.46. The molecule has 4 heterocycles. The van der Waals surface area contributed by atoms with Crippen molar-refractivity contribution in [2.75, 3.05) is 0 Å². The van der Waals surface area contributed by atoms with E-state index in [-0.39, 0.29) is 12.8 Å². The highest BCUT2D eigenvalue weighted by Crippen LogP contribution is 2.34. The number of nitrogens with one attached hydrogen (secondary N) is 1. The first-order valence-corrected chi connectivity index (χ1v) is 12.1. The van der Waals surface area contributed by atoms with Crippen molar-refractivity contribution in [1.29, 1.82) is 0 Å². The molecule has 9 nitrogen and oxygen atoms in total. The molecule has 0 radical (unpaired) electrons. The van der Waals surface area contributed by atoms with Gasteiger partial charge in [-0.2, -0.15) is 0 Å². The average Bonchev–Trinajstić information content (AvgIpc) is 3.44. The van der Waals surface area contributed by atoms with Gasteiger partial charge in [-0.05, 0) is 44.0 Å². The van der Waals surface area contributed by atoms with Crippen molar-refractivity contribution < 1.29 is 37.4 Å². The SMILES string of the molecule is CCC(=O)NC(CCCCC1=[N+]2C(=Cc3c(C)cc(C)n3[B-]2(F)F)C=C1)C(=O)N1C(=O)CC(O)C1=O. The second kappa shape index (κ2) is 9.57. The van der Waals surface area contributed by atoms with E-state index in [1.54, 1.807) is 45.1 Å². The summed E-state index contributed by atoms with van der Waals surface area (Å²) >= 11 is 0. The normalized spacial score (nSPS) is 21.0. The number of aromatic nitrogens is 1. The van der Waals surface area contributed by atoms with Gasteiger partial charge in [0.2, 0.25) is 11.8 Å². The van der Waals surface area contributed by atoms with Gasteiger partial charge in [-0.15, -0.1) is 0 Å². The summed E-state index contributed by atoms with van der Waals surface area (Å²) in [4.78, 5) is 49.3. The maximum Gasteiger partial charge on any atom is 0.737 e. The van der Waals surface area contributed by atoms with Crippen molar-refractivity contribution in [3.8, 4) is 0 Å². The second-order valence-electron chi connectivity index (χ2n) is 9.42. The Morgan fingerprint density at radius 2 is 1.97 bits per heavy atom. The second-order valence-corrected chi connectivity index (χ2v) is 9.42. The number of imide groups is 3. The van der Waals surface area contributed by atoms with E-state index in [0.717, 1.165) is 14.5 Å². The number of aliphatic hydroxyl groups excluding tert-OH is 1. The minimum absolute atomic E-state index is 0.0958. The van der Waals surface area contributed by atoms with E-state index in [0.29, 0.717) is 47.0 Å². The number of halogens is 2. The summed E-state index contributed by atoms with van der Waals surface area (Å²) in [6, 6.07) is 0.605. The monoisotopic (exact) mass is 502 g/mol. The number of allylic oxidation sites excluding steroid dienone is 2. The average molecular weight is 502 g/mol. The Morgan fingerprint density at radius 3 is 2.61 bits per heavy atom. The van der Waals surface area contributed by atoms with Gasteiger partial charge in [-0.1, -0.05) is 13.3 Å². The van der Waals surface area contributed by atoms with Crippen molar-refractivity contribution in [1.82, 2.24) is 14.7 Å². The highest BCUT2D eigenvalue weighted by atomic mass is 19.2. The first-order chi connectivity index (χ1) is 17.0. The van der Waals surface area contributed by atoms with E-state index in [1.165, 1.54) is 0 Å². The summed E-state index contributed by atoms with van der Waals surface area (Å²) in [5.74, 6) is -3.14. The quantitative estimate of drug-likeness (QED) is 0.320. The number of rotatable bonds is 8. The first kappa shape index (κ1) is 25.7. The highest BCUT2D eigenvalue weighted by Gasteiger charge is 2.52. The number of hydrogen-bond acceptors (Lipinski definition) is 5. The van der Waals surface area contributed by atoms with E-state index in [1.807, 2.05) is 0 Å². The van der Waals surface area contributed by atoms with Crippen LogP contribution < -0.4 is 5.32 Å². The molecule has 3 aliphatic rings. The third-order valence-corrected chi connectivity index (χ3v) is 6.88. The van der Waals surface area contributed by atoms with Crippen LogP contribution in [0.3, 0.4) is 0 Å². The van der Waals surface area contributed by atoms with Crippen LogP contribution in [0, 0.1) is 13.8 Å². The van der Waals surface area contributed by atoms with Crippen LogP contribution in [0.1, 0.15) is 62.4 Å². The lowest BCUT2D eigenvalue weighted by Gasteiger charge is -2.30. The molecule has 1 aromatic rings. The lowest BCUT2D eigenvalue weighted by Crippen LogP contribution is -2.51. The molecule has 2 unspecified atom stereocenters. The van der Waals surface area contributed by atoms with Crippen molar-refractivity contribution >= 4 is 42.4 Å². The molecule has 0 saturated carbocycles. The van der Waals surface area contributed by atoms with Crippen LogP contribution in [0.4, 0.5) is 8.63 Å². The van der Waals surface area contributed by atoms with Gasteiger partial charge in [0, 0.05) is 36.8 Å². The number of amides is 4. The van der Waals surface area contributed by atoms with Gasteiger partial charge in [0.15, 0.2) is 5.70 Å². The van der Waals surface area contributed by atoms with Crippen molar-refractivity contribution in [3.63, 3.8) is 0 Å². The van der Waals surface area contributed by atoms with Gasteiger partial charge < -0.3 is 28.0 Å². The molecule has 2 N–H and O–H groups in total. The zero-order valence-electron chi connectivity index (χ0n) is 20.5. The highest BCUT2D eigenvalue weighted by molar-refractivity contribution is 6.58. The molecule has 0 aliphatic carbocycles. The molecule has 36 heavy (non-hydrogen) atoms. The Bertz CT molecular complexity index is 1250. The van der Waals surface area contributed by atoms with Crippen LogP contribution in [0.15, 0.2) is 23.9 Å². The minimum Gasteiger partial charge on any atom is -0.394 e. The molecular formula is C24H29BF2N4O5. The molecule has 1 aromatic heterocycles. The fourth-order valence-electron chi connectivity index (χ4n) is 5.11. The van der Waals surface area contributed by atoms with Crippen molar-refractivity contribution in [2.45, 2.75) is 71.4 Å². The molecule has 1 fully saturated rings. The fourth-order valence-corrected chi connectivity index (χ4v) is 5.11. The van der Waals surface area contributed by atoms with E-state index in [4.69, 9.17) is 0 Å². The maximum atomic E-state index is 15.5. The van der Waals surface area contributed by atoms with Crippen LogP contribution in [0.25, 0.3) is 6.08 Å². The van der Waals surface area contributed by atoms with Gasteiger partial charge >= 0.3 is 6.97 Å². The number of carbonyl (C=O) groups excluding carboxylic acids is 4. The lowest BCUT2D eigenvalue weighted by molar-refractivity contribution is -0.362. The first-order valence-electron chi connectivity index (χ1n) is 12.1. The van der Waals surface area contributed by atoms with Crippen LogP contribution in [0.2, 0.25) is 0 Å². The fraction of sp³-hybridized carbons (Fsp3) is 0.458. The van der Waals surface area contributed by atoms with Crippen molar-refractivity contribution in [3.05, 3.63) is 40.9 Å². The number of unbranched alkanes of at least 4 members (excludes halogenated alkanes) is 1. The lowest BCUT2D eigenvalue weighted by atomic mass is 9.90. The number of likely N-dealkylation sites (tertiary alicyclic amines) is 1. The van der Waals surface area contributed by atoms with Crippen LogP contribution in [0.5, 0.6) is 0 Å². The molecule has 0 aromatic carbocycles. The smallest absolute Gasteiger partial charge is 0.394 e. The van der Waals surface area contributed by atoms with Gasteiger partial charge in [-0.25, -0.2) is 4.90 Å². The summed E-state index contributed by atoms with van der Waals surface area (Å²) in [7, 11) is 0. The molecule has 0 spiro atoms. The zero-order valence-corrected chi connectivity index (χ0v) is 20.5. The van der Waals surface area contributed by atoms with E-state index in [2.05, 4.69) is 5.32 Å². The molecule has 192 valence electrons. The maximum absolute atomic E-state index is 15.5. The Kier molecular flexibility index (Phi) is 6.83. The zero-order chi connectivity index (χ0) is 26.4. The number of carbonyl (C=O) groups is 4. The molecule has 12 heteroatoms. The summed E-state index contributed by atoms with van der Waals surface area (Å²) < 4.78 is 33.3. The van der Waals surface area contributed by atoms with Gasteiger partial charge in [0.1, 0.15) is 17.9 Å². The number of aliphatic hydroxyl groups is 1. The van der Waals surface area contributed by atoms with Crippen LogP contribution in [-0.4, -0.2) is 67.4 Å². The predicted molar refractivity (Wildman–Crippen MR) is 128 cm³/mol. The van der Waals surface area contributed by atoms with Gasteiger partial charge in [0.25, 0.3) is 11.8 Å². The Hall–Kier alpha value is -3.41. The molecule has 4 rings (SSSR count). The van der Waals surface area contributed by atoms with Crippen LogP contribution >= 0.6 is 0 Å². The third-order valence-electron chi connectivity index (χ3n) is 6.88. The molecule has 2 atom stereocenters. The van der Waals surface area contributed by atoms with Gasteiger partial charge in [-0.3, -0.25) is 19.2 Å². The summed E-state index contributed by atoms with van der Waals surface area (Å²) in [5, 5.41) is 12.1. The molecule has 3 aliphatic heterocycles. The number of aryl methyl sites for hydroxylation is 2. The Labute approximate surface area is 207 Å². The van der Waals surface area contributed by atoms with E-state index >= 15 is 8.63 Å². The standard InChI is InChI=1S/C24H29BF2N4O5/c1-4-21(33)28-18(23(35)29-22(34)13-20(32)24(29)36)8-6-5-7-16-9-10-17-12-19-14(2)11-15(3)30(19)25(26,27)31(16)17/h9-12,18,20,32H,4-8,13H2,1-3H3,(H,28,33).